The van der Waals surface area contributed by atoms with Crippen molar-refractivity contribution in [2.45, 2.75) is 19.4 Å². The summed E-state index contributed by atoms with van der Waals surface area (Å²) in [4.78, 5) is 0. The third-order valence-corrected chi connectivity index (χ3v) is 2.68. The van der Waals surface area contributed by atoms with Gasteiger partial charge in [0.05, 0.1) is 19.3 Å². The molecule has 0 rings (SSSR count). The number of hydrogen-bond donors (Lipinski definition) is 3. The molecule has 0 spiro atoms. The van der Waals surface area contributed by atoms with Crippen LogP contribution in [0.4, 0.5) is 0 Å². The van der Waals surface area contributed by atoms with Crippen LogP contribution >= 0.6 is 0 Å². The van der Waals surface area contributed by atoms with Crippen LogP contribution in [-0.2, 0) is 14.9 Å². The van der Waals surface area contributed by atoms with Gasteiger partial charge in [0, 0.05) is 13.7 Å². The van der Waals surface area contributed by atoms with Gasteiger partial charge in [-0.15, -0.1) is 0 Å². The minimum atomic E-state index is -3.52. The van der Waals surface area contributed by atoms with Crippen molar-refractivity contribution in [3.8, 4) is 0 Å². The van der Waals surface area contributed by atoms with Crippen LogP contribution in [0.1, 0.15) is 13.3 Å². The highest BCUT2D eigenvalue weighted by atomic mass is 32.2. The maximum absolute atomic E-state index is 11.2. The molecule has 0 aliphatic carbocycles. The van der Waals surface area contributed by atoms with E-state index in [1.165, 1.54) is 7.11 Å². The second-order valence-corrected chi connectivity index (χ2v) is 4.38. The number of hydrogen-bond acceptors (Lipinski definition) is 4. The number of methoxy groups -OCH3 is 1. The van der Waals surface area contributed by atoms with E-state index in [2.05, 4.69) is 9.44 Å². The highest BCUT2D eigenvalue weighted by molar-refractivity contribution is 7.87. The maximum Gasteiger partial charge on any atom is 0.277 e. The Morgan fingerprint density at radius 3 is 2.57 bits per heavy atom. The number of nitrogens with one attached hydrogen (secondary N) is 2. The molecule has 1 unspecified atom stereocenters. The normalized spacial score (nSPS) is 14.2. The largest absolute Gasteiger partial charge is 0.395 e. The summed E-state index contributed by atoms with van der Waals surface area (Å²) in [6, 6.07) is -0.602. The minimum Gasteiger partial charge on any atom is -0.395 e. The molecule has 0 aliphatic rings. The molecule has 0 aromatic heterocycles. The smallest absolute Gasteiger partial charge is 0.277 e. The Balaban J connectivity index is 4.04. The van der Waals surface area contributed by atoms with Crippen molar-refractivity contribution < 1.29 is 18.3 Å². The molecule has 7 heteroatoms. The maximum atomic E-state index is 11.2. The lowest BCUT2D eigenvalue weighted by atomic mass is 10.4. The van der Waals surface area contributed by atoms with Crippen LogP contribution in [0.5, 0.6) is 0 Å². The first-order valence-electron chi connectivity index (χ1n) is 4.42. The monoisotopic (exact) mass is 226 g/mol. The highest BCUT2D eigenvalue weighted by Gasteiger charge is 2.15. The van der Waals surface area contributed by atoms with E-state index in [1.54, 1.807) is 0 Å². The highest BCUT2D eigenvalue weighted by Crippen LogP contribution is 1.87. The van der Waals surface area contributed by atoms with Gasteiger partial charge in [-0.2, -0.15) is 13.1 Å². The molecule has 86 valence electrons. The van der Waals surface area contributed by atoms with Gasteiger partial charge in [-0.25, -0.2) is 4.72 Å². The summed E-state index contributed by atoms with van der Waals surface area (Å²) >= 11 is 0. The molecular weight excluding hydrogens is 208 g/mol. The molecule has 0 aromatic carbocycles. The van der Waals surface area contributed by atoms with Crippen molar-refractivity contribution in [3.05, 3.63) is 0 Å². The summed E-state index contributed by atoms with van der Waals surface area (Å²) in [7, 11) is -2.08. The molecule has 0 saturated heterocycles. The topological polar surface area (TPSA) is 87.7 Å². The first kappa shape index (κ1) is 13.8. The standard InChI is InChI=1S/C7H18N2O4S/c1-3-4-8-14(11,12)9-7(5-10)6-13-2/h7-10H,3-6H2,1-2H3. The quantitative estimate of drug-likeness (QED) is 0.486. The van der Waals surface area contributed by atoms with Crippen LogP contribution in [-0.4, -0.2) is 46.4 Å². The zero-order chi connectivity index (χ0) is 11.0. The Hall–Kier alpha value is -0.210. The fraction of sp³-hybridized carbons (Fsp3) is 1.00. The fourth-order valence-corrected chi connectivity index (χ4v) is 1.96. The Morgan fingerprint density at radius 2 is 2.14 bits per heavy atom. The van der Waals surface area contributed by atoms with E-state index in [4.69, 9.17) is 9.84 Å². The van der Waals surface area contributed by atoms with Crippen LogP contribution in [0.2, 0.25) is 0 Å². The minimum absolute atomic E-state index is 0.142. The van der Waals surface area contributed by atoms with Gasteiger partial charge in [-0.3, -0.25) is 0 Å². The van der Waals surface area contributed by atoms with Gasteiger partial charge in [0.25, 0.3) is 10.2 Å². The van der Waals surface area contributed by atoms with Crippen LogP contribution in [0.3, 0.4) is 0 Å². The van der Waals surface area contributed by atoms with Crippen molar-refractivity contribution >= 4 is 10.2 Å². The van der Waals surface area contributed by atoms with Gasteiger partial charge in [-0.05, 0) is 6.42 Å². The number of ether oxygens (including phenoxy) is 1. The molecule has 0 radical (unpaired) electrons. The molecule has 0 aromatic rings. The van der Waals surface area contributed by atoms with Crippen LogP contribution in [0, 0.1) is 0 Å². The molecule has 0 bridgehead atoms. The predicted octanol–water partition coefficient (Wildman–Crippen LogP) is -1.17. The lowest BCUT2D eigenvalue weighted by molar-refractivity contribution is 0.139. The van der Waals surface area contributed by atoms with E-state index in [0.29, 0.717) is 6.54 Å². The van der Waals surface area contributed by atoms with Gasteiger partial charge in [-0.1, -0.05) is 6.92 Å². The van der Waals surface area contributed by atoms with Gasteiger partial charge in [0.15, 0.2) is 0 Å². The number of aliphatic hydroxyl groups is 1. The van der Waals surface area contributed by atoms with Gasteiger partial charge in [0.2, 0.25) is 0 Å². The van der Waals surface area contributed by atoms with Crippen molar-refractivity contribution in [1.82, 2.24) is 9.44 Å². The van der Waals surface area contributed by atoms with Gasteiger partial charge >= 0.3 is 0 Å². The Bertz CT molecular complexity index is 230. The molecule has 1 atom stereocenters. The van der Waals surface area contributed by atoms with E-state index in [-0.39, 0.29) is 13.2 Å². The van der Waals surface area contributed by atoms with Crippen LogP contribution < -0.4 is 9.44 Å². The summed E-state index contributed by atoms with van der Waals surface area (Å²) in [6.45, 7) is 2.09. The van der Waals surface area contributed by atoms with Crippen LogP contribution in [0.25, 0.3) is 0 Å². The van der Waals surface area contributed by atoms with Crippen molar-refractivity contribution in [3.63, 3.8) is 0 Å². The van der Waals surface area contributed by atoms with E-state index in [1.807, 2.05) is 6.92 Å². The third kappa shape index (κ3) is 6.28. The average Bonchev–Trinajstić information content (AvgIpc) is 2.14. The summed E-state index contributed by atoms with van der Waals surface area (Å²) in [5, 5.41) is 8.81. The lowest BCUT2D eigenvalue weighted by Crippen LogP contribution is -2.46. The summed E-state index contributed by atoms with van der Waals surface area (Å²) in [6.07, 6.45) is 0.717. The molecule has 0 fully saturated rings. The summed E-state index contributed by atoms with van der Waals surface area (Å²) < 4.78 is 31.8. The molecule has 0 amide bonds. The number of rotatable bonds is 8. The van der Waals surface area contributed by atoms with Crippen molar-refractivity contribution in [1.29, 1.82) is 0 Å². The van der Waals surface area contributed by atoms with E-state index < -0.39 is 16.3 Å². The first-order valence-corrected chi connectivity index (χ1v) is 5.90. The van der Waals surface area contributed by atoms with Crippen molar-refractivity contribution in [2.75, 3.05) is 26.9 Å². The van der Waals surface area contributed by atoms with Crippen molar-refractivity contribution in [2.24, 2.45) is 0 Å². The van der Waals surface area contributed by atoms with E-state index in [0.717, 1.165) is 6.42 Å². The zero-order valence-corrected chi connectivity index (χ0v) is 9.30. The Labute approximate surface area is 84.8 Å². The molecular formula is C7H18N2O4S. The molecule has 0 aliphatic heterocycles. The van der Waals surface area contributed by atoms with Gasteiger partial charge in [0.1, 0.15) is 0 Å². The molecule has 14 heavy (non-hydrogen) atoms. The molecule has 6 nitrogen and oxygen atoms in total. The zero-order valence-electron chi connectivity index (χ0n) is 8.49. The van der Waals surface area contributed by atoms with E-state index in [9.17, 15) is 8.42 Å². The molecule has 0 saturated carbocycles. The van der Waals surface area contributed by atoms with Crippen LogP contribution in [0.15, 0.2) is 0 Å². The second kappa shape index (κ2) is 7.13. The predicted molar refractivity (Wildman–Crippen MR) is 53.1 cm³/mol. The molecule has 0 heterocycles. The third-order valence-electron chi connectivity index (χ3n) is 1.45. The first-order chi connectivity index (χ1) is 6.55. The fourth-order valence-electron chi connectivity index (χ4n) is 0.823. The Morgan fingerprint density at radius 1 is 1.50 bits per heavy atom. The molecule has 3 N–H and O–H groups in total. The van der Waals surface area contributed by atoms with E-state index >= 15 is 0 Å². The summed E-state index contributed by atoms with van der Waals surface area (Å²) in [5.41, 5.74) is 0. The Kier molecular flexibility index (Phi) is 7.02. The second-order valence-electron chi connectivity index (χ2n) is 2.85. The lowest BCUT2D eigenvalue weighted by Gasteiger charge is -2.15. The SMILES string of the molecule is CCCNS(=O)(=O)NC(CO)COC. The number of aliphatic hydroxyl groups excluding tert-OH is 1. The van der Waals surface area contributed by atoms with Gasteiger partial charge < -0.3 is 9.84 Å². The summed E-state index contributed by atoms with van der Waals surface area (Å²) in [5.74, 6) is 0. The average molecular weight is 226 g/mol.